The smallest absolute Gasteiger partial charge is 0.108 e. The number of pyridine rings is 1. The largest absolute Gasteiger partial charge is 0.394 e. The Kier molecular flexibility index (Phi) is 3.14. The molecule has 0 aliphatic rings. The third kappa shape index (κ3) is 1.90. The monoisotopic (exact) mass is 219 g/mol. The lowest BCUT2D eigenvalue weighted by atomic mass is 9.99. The van der Waals surface area contributed by atoms with Gasteiger partial charge in [-0.1, -0.05) is 18.2 Å². The zero-order chi connectivity index (χ0) is 11.5. The van der Waals surface area contributed by atoms with Crippen LogP contribution in [0.25, 0.3) is 10.8 Å². The minimum Gasteiger partial charge on any atom is -0.394 e. The van der Waals surface area contributed by atoms with Gasteiger partial charge in [0, 0.05) is 17.8 Å². The molecule has 1 heterocycles. The van der Waals surface area contributed by atoms with E-state index in [0.29, 0.717) is 5.56 Å². The van der Waals surface area contributed by atoms with Crippen molar-refractivity contribution in [2.75, 3.05) is 6.61 Å². The van der Waals surface area contributed by atoms with Gasteiger partial charge in [-0.15, -0.1) is 0 Å². The summed E-state index contributed by atoms with van der Waals surface area (Å²) >= 11 is 0. The molecule has 4 nitrogen and oxygen atoms in total. The van der Waals surface area contributed by atoms with E-state index in [1.165, 1.54) is 0 Å². The number of aromatic nitrogens is 1. The zero-order valence-corrected chi connectivity index (χ0v) is 8.61. The van der Waals surface area contributed by atoms with Gasteiger partial charge in [0.25, 0.3) is 0 Å². The summed E-state index contributed by atoms with van der Waals surface area (Å²) in [5, 5.41) is 29.8. The van der Waals surface area contributed by atoms with Gasteiger partial charge in [0.05, 0.1) is 6.61 Å². The maximum absolute atomic E-state index is 9.85. The molecule has 0 amide bonds. The molecule has 0 radical (unpaired) electrons. The zero-order valence-electron chi connectivity index (χ0n) is 8.61. The quantitative estimate of drug-likeness (QED) is 0.707. The fraction of sp³-hybridized carbons (Fsp3) is 0.250. The average Bonchev–Trinajstić information content (AvgIpc) is 2.36. The molecule has 4 heteroatoms. The molecule has 2 atom stereocenters. The lowest BCUT2D eigenvalue weighted by Crippen LogP contribution is -2.22. The summed E-state index contributed by atoms with van der Waals surface area (Å²) in [6.07, 6.45) is 1.03. The number of aliphatic hydroxyl groups is 3. The summed E-state index contributed by atoms with van der Waals surface area (Å²) in [7, 11) is 0. The number of aliphatic hydroxyl groups excluding tert-OH is 3. The second-order valence-electron chi connectivity index (χ2n) is 3.64. The lowest BCUT2D eigenvalue weighted by Gasteiger charge is -2.17. The summed E-state index contributed by atoms with van der Waals surface area (Å²) in [5.41, 5.74) is 0.576. The molecule has 1 aromatic carbocycles. The van der Waals surface area contributed by atoms with Crippen molar-refractivity contribution in [2.24, 2.45) is 0 Å². The Bertz CT molecular complexity index is 481. The summed E-state index contributed by atoms with van der Waals surface area (Å²) in [5.74, 6) is 0. The van der Waals surface area contributed by atoms with Gasteiger partial charge in [-0.2, -0.15) is 0 Å². The van der Waals surface area contributed by atoms with E-state index in [0.717, 1.165) is 10.8 Å². The molecule has 0 aliphatic carbocycles. The van der Waals surface area contributed by atoms with Crippen LogP contribution in [0.15, 0.2) is 36.7 Å². The fourth-order valence-electron chi connectivity index (χ4n) is 1.70. The third-order valence-electron chi connectivity index (χ3n) is 2.59. The van der Waals surface area contributed by atoms with E-state index in [2.05, 4.69) is 4.98 Å². The fourth-order valence-corrected chi connectivity index (χ4v) is 1.70. The van der Waals surface area contributed by atoms with Gasteiger partial charge >= 0.3 is 0 Å². The van der Waals surface area contributed by atoms with Gasteiger partial charge in [0.15, 0.2) is 0 Å². The molecule has 16 heavy (non-hydrogen) atoms. The Hall–Kier alpha value is -1.49. The maximum Gasteiger partial charge on any atom is 0.108 e. The van der Waals surface area contributed by atoms with Crippen molar-refractivity contribution in [3.05, 3.63) is 42.2 Å². The Morgan fingerprint density at radius 2 is 2.00 bits per heavy atom. The van der Waals surface area contributed by atoms with Crippen LogP contribution in [0.3, 0.4) is 0 Å². The van der Waals surface area contributed by atoms with E-state index < -0.39 is 18.8 Å². The summed E-state index contributed by atoms with van der Waals surface area (Å²) in [6.45, 7) is -0.474. The Balaban J connectivity index is 2.52. The average molecular weight is 219 g/mol. The highest BCUT2D eigenvalue weighted by Gasteiger charge is 2.19. The molecule has 2 aromatic rings. The van der Waals surface area contributed by atoms with Crippen LogP contribution in [0.4, 0.5) is 0 Å². The van der Waals surface area contributed by atoms with Crippen LogP contribution in [0.5, 0.6) is 0 Å². The van der Waals surface area contributed by atoms with Gasteiger partial charge in [-0.3, -0.25) is 4.98 Å². The number of hydrogen-bond acceptors (Lipinski definition) is 4. The molecular formula is C12H13NO3. The predicted molar refractivity (Wildman–Crippen MR) is 59.8 cm³/mol. The van der Waals surface area contributed by atoms with Crippen molar-refractivity contribution >= 4 is 10.8 Å². The molecule has 84 valence electrons. The van der Waals surface area contributed by atoms with Gasteiger partial charge in [-0.25, -0.2) is 0 Å². The van der Waals surface area contributed by atoms with Gasteiger partial charge in [-0.05, 0) is 17.0 Å². The summed E-state index contributed by atoms with van der Waals surface area (Å²) in [4.78, 5) is 3.99. The Labute approximate surface area is 92.8 Å². The summed E-state index contributed by atoms with van der Waals surface area (Å²) < 4.78 is 0. The van der Waals surface area contributed by atoms with Gasteiger partial charge in [0.1, 0.15) is 12.2 Å². The molecule has 2 unspecified atom stereocenters. The van der Waals surface area contributed by atoms with Crippen molar-refractivity contribution in [1.29, 1.82) is 0 Å². The highest BCUT2D eigenvalue weighted by molar-refractivity contribution is 5.85. The van der Waals surface area contributed by atoms with Crippen molar-refractivity contribution in [1.82, 2.24) is 4.98 Å². The highest BCUT2D eigenvalue weighted by atomic mass is 16.4. The normalized spacial score (nSPS) is 14.9. The molecule has 0 fully saturated rings. The van der Waals surface area contributed by atoms with E-state index in [-0.39, 0.29) is 0 Å². The third-order valence-corrected chi connectivity index (χ3v) is 2.59. The molecule has 3 N–H and O–H groups in total. The number of fused-ring (bicyclic) bond motifs is 1. The standard InChI is InChI=1S/C12H13NO3/c14-7-11(15)12(16)9-3-1-2-8-4-5-13-6-10(8)9/h1-6,11-12,14-16H,7H2. The second kappa shape index (κ2) is 4.57. The maximum atomic E-state index is 9.85. The van der Waals surface area contributed by atoms with Crippen molar-refractivity contribution in [3.63, 3.8) is 0 Å². The second-order valence-corrected chi connectivity index (χ2v) is 3.64. The van der Waals surface area contributed by atoms with Crippen LogP contribution in [-0.4, -0.2) is 33.0 Å². The molecule has 0 saturated carbocycles. The van der Waals surface area contributed by atoms with E-state index in [1.54, 1.807) is 24.5 Å². The van der Waals surface area contributed by atoms with Crippen LogP contribution in [0.2, 0.25) is 0 Å². The first kappa shape index (κ1) is 11.0. The Morgan fingerprint density at radius 3 is 2.75 bits per heavy atom. The van der Waals surface area contributed by atoms with E-state index in [9.17, 15) is 10.2 Å². The van der Waals surface area contributed by atoms with Crippen molar-refractivity contribution < 1.29 is 15.3 Å². The molecular weight excluding hydrogens is 206 g/mol. The predicted octanol–water partition coefficient (Wildman–Crippen LogP) is 0.621. The molecule has 0 aliphatic heterocycles. The molecule has 1 aromatic heterocycles. The van der Waals surface area contributed by atoms with E-state index in [1.807, 2.05) is 12.1 Å². The molecule has 2 rings (SSSR count). The summed E-state index contributed by atoms with van der Waals surface area (Å²) in [6, 6.07) is 7.24. The minimum absolute atomic E-state index is 0.474. The number of rotatable bonds is 3. The SMILES string of the molecule is OCC(O)C(O)c1cccc2ccncc12. The first-order valence-electron chi connectivity index (χ1n) is 5.03. The van der Waals surface area contributed by atoms with Crippen molar-refractivity contribution in [2.45, 2.75) is 12.2 Å². The number of nitrogens with zero attached hydrogens (tertiary/aromatic N) is 1. The van der Waals surface area contributed by atoms with Gasteiger partial charge < -0.3 is 15.3 Å². The van der Waals surface area contributed by atoms with Crippen LogP contribution in [0, 0.1) is 0 Å². The van der Waals surface area contributed by atoms with Crippen LogP contribution >= 0.6 is 0 Å². The molecule has 0 saturated heterocycles. The first-order valence-corrected chi connectivity index (χ1v) is 5.03. The van der Waals surface area contributed by atoms with E-state index in [4.69, 9.17) is 5.11 Å². The van der Waals surface area contributed by atoms with E-state index >= 15 is 0 Å². The number of benzene rings is 1. The minimum atomic E-state index is -1.18. The van der Waals surface area contributed by atoms with Crippen LogP contribution < -0.4 is 0 Å². The number of hydrogen-bond donors (Lipinski definition) is 3. The highest BCUT2D eigenvalue weighted by Crippen LogP contribution is 2.25. The van der Waals surface area contributed by atoms with Crippen molar-refractivity contribution in [3.8, 4) is 0 Å². The molecule has 0 spiro atoms. The molecule has 0 bridgehead atoms. The first-order chi connectivity index (χ1) is 7.74. The lowest BCUT2D eigenvalue weighted by molar-refractivity contribution is -0.0145. The Morgan fingerprint density at radius 1 is 1.19 bits per heavy atom. The van der Waals surface area contributed by atoms with Crippen LogP contribution in [-0.2, 0) is 0 Å². The van der Waals surface area contributed by atoms with Crippen LogP contribution in [0.1, 0.15) is 11.7 Å². The van der Waals surface area contributed by atoms with Gasteiger partial charge in [0.2, 0.25) is 0 Å². The topological polar surface area (TPSA) is 73.6 Å².